The summed E-state index contributed by atoms with van der Waals surface area (Å²) in [5.74, 6) is 1.04. The molecule has 0 aliphatic carbocycles. The van der Waals surface area contributed by atoms with Crippen molar-refractivity contribution >= 4 is 11.5 Å². The van der Waals surface area contributed by atoms with Gasteiger partial charge in [-0.3, -0.25) is 4.98 Å². The van der Waals surface area contributed by atoms with Gasteiger partial charge in [-0.1, -0.05) is 6.07 Å². The van der Waals surface area contributed by atoms with Crippen LogP contribution in [0, 0.1) is 0 Å². The van der Waals surface area contributed by atoms with Crippen LogP contribution < -0.4 is 9.80 Å². The van der Waals surface area contributed by atoms with Crippen molar-refractivity contribution in [3.05, 3.63) is 48.4 Å². The summed E-state index contributed by atoms with van der Waals surface area (Å²) in [6, 6.07) is 9.94. The van der Waals surface area contributed by atoms with Gasteiger partial charge in [0.15, 0.2) is 0 Å². The molecule has 5 nitrogen and oxygen atoms in total. The van der Waals surface area contributed by atoms with Crippen LogP contribution in [-0.2, 0) is 0 Å². The molecule has 2 aromatic rings. The maximum Gasteiger partial charge on any atom is 0.128 e. The number of piperazine rings is 1. The van der Waals surface area contributed by atoms with Crippen LogP contribution in [-0.4, -0.2) is 41.3 Å². The summed E-state index contributed by atoms with van der Waals surface area (Å²) in [6.45, 7) is 5.54. The van der Waals surface area contributed by atoms with Gasteiger partial charge in [0.05, 0.1) is 23.7 Å². The second-order valence-corrected chi connectivity index (χ2v) is 5.28. The standard InChI is InChI=1S/C16H20N4O/c1-13(21)15-6-5-14(12-18-15)19-8-10-20(11-9-19)16-4-2-3-7-17-16/h2-7,12-13,21H,8-11H2,1H3/t13-/m0/s1. The van der Waals surface area contributed by atoms with Crippen molar-refractivity contribution in [2.75, 3.05) is 36.0 Å². The van der Waals surface area contributed by atoms with Crippen LogP contribution in [0.2, 0.25) is 0 Å². The number of aromatic nitrogens is 2. The van der Waals surface area contributed by atoms with Crippen molar-refractivity contribution in [2.24, 2.45) is 0 Å². The van der Waals surface area contributed by atoms with E-state index in [1.165, 1.54) is 0 Å². The SMILES string of the molecule is C[C@H](O)c1ccc(N2CCN(c3ccccn3)CC2)cn1. The molecule has 1 aliphatic heterocycles. The number of anilines is 2. The Balaban J connectivity index is 1.63. The van der Waals surface area contributed by atoms with Gasteiger partial charge in [0.25, 0.3) is 0 Å². The molecule has 1 N–H and O–H groups in total. The van der Waals surface area contributed by atoms with Crippen molar-refractivity contribution in [1.82, 2.24) is 9.97 Å². The van der Waals surface area contributed by atoms with Gasteiger partial charge in [-0.2, -0.15) is 0 Å². The van der Waals surface area contributed by atoms with E-state index in [-0.39, 0.29) is 0 Å². The van der Waals surface area contributed by atoms with Gasteiger partial charge in [-0.15, -0.1) is 0 Å². The van der Waals surface area contributed by atoms with E-state index in [1.54, 1.807) is 6.92 Å². The molecule has 0 radical (unpaired) electrons. The van der Waals surface area contributed by atoms with Crippen LogP contribution in [0.4, 0.5) is 11.5 Å². The second-order valence-electron chi connectivity index (χ2n) is 5.28. The Bertz CT molecular complexity index is 563. The molecule has 3 rings (SSSR count). The zero-order valence-electron chi connectivity index (χ0n) is 12.2. The Kier molecular flexibility index (Phi) is 4.01. The van der Waals surface area contributed by atoms with Crippen molar-refractivity contribution in [2.45, 2.75) is 13.0 Å². The zero-order chi connectivity index (χ0) is 14.7. The van der Waals surface area contributed by atoms with Crippen LogP contribution >= 0.6 is 0 Å². The maximum absolute atomic E-state index is 9.50. The third kappa shape index (κ3) is 3.13. The molecule has 0 aromatic carbocycles. The smallest absolute Gasteiger partial charge is 0.128 e. The molecule has 110 valence electrons. The highest BCUT2D eigenvalue weighted by Crippen LogP contribution is 2.19. The van der Waals surface area contributed by atoms with E-state index in [9.17, 15) is 5.11 Å². The Hall–Kier alpha value is -2.14. The highest BCUT2D eigenvalue weighted by atomic mass is 16.3. The molecule has 0 bridgehead atoms. The minimum atomic E-state index is -0.514. The molecule has 1 atom stereocenters. The number of pyridine rings is 2. The third-order valence-electron chi connectivity index (χ3n) is 3.82. The van der Waals surface area contributed by atoms with E-state index in [4.69, 9.17) is 0 Å². The van der Waals surface area contributed by atoms with Crippen LogP contribution in [0.3, 0.4) is 0 Å². The molecule has 0 spiro atoms. The normalized spacial score (nSPS) is 16.9. The minimum absolute atomic E-state index is 0.514. The lowest BCUT2D eigenvalue weighted by molar-refractivity contribution is 0.194. The van der Waals surface area contributed by atoms with Crippen LogP contribution in [0.15, 0.2) is 42.7 Å². The molecular formula is C16H20N4O. The first-order valence-electron chi connectivity index (χ1n) is 7.29. The lowest BCUT2D eigenvalue weighted by Gasteiger charge is -2.36. The van der Waals surface area contributed by atoms with Gasteiger partial charge in [0, 0.05) is 32.4 Å². The predicted octanol–water partition coefficient (Wildman–Crippen LogP) is 1.86. The Labute approximate surface area is 124 Å². The molecule has 21 heavy (non-hydrogen) atoms. The lowest BCUT2D eigenvalue weighted by atomic mass is 10.2. The molecule has 0 amide bonds. The topological polar surface area (TPSA) is 52.5 Å². The summed E-state index contributed by atoms with van der Waals surface area (Å²) in [7, 11) is 0. The van der Waals surface area contributed by atoms with Crippen molar-refractivity contribution < 1.29 is 5.11 Å². The van der Waals surface area contributed by atoms with Gasteiger partial charge < -0.3 is 14.9 Å². The lowest BCUT2D eigenvalue weighted by Crippen LogP contribution is -2.46. The summed E-state index contributed by atoms with van der Waals surface area (Å²) in [6.07, 6.45) is 3.17. The fourth-order valence-electron chi connectivity index (χ4n) is 2.57. The van der Waals surface area contributed by atoms with Gasteiger partial charge >= 0.3 is 0 Å². The molecule has 3 heterocycles. The van der Waals surface area contributed by atoms with E-state index < -0.39 is 6.10 Å². The molecule has 5 heteroatoms. The van der Waals surface area contributed by atoms with E-state index >= 15 is 0 Å². The monoisotopic (exact) mass is 284 g/mol. The second kappa shape index (κ2) is 6.10. The Morgan fingerprint density at radius 3 is 2.33 bits per heavy atom. The fourth-order valence-corrected chi connectivity index (χ4v) is 2.57. The largest absolute Gasteiger partial charge is 0.387 e. The first-order chi connectivity index (χ1) is 10.2. The Morgan fingerprint density at radius 1 is 1.00 bits per heavy atom. The molecule has 1 saturated heterocycles. The first kappa shape index (κ1) is 13.8. The first-order valence-corrected chi connectivity index (χ1v) is 7.29. The predicted molar refractivity (Wildman–Crippen MR) is 83.5 cm³/mol. The van der Waals surface area contributed by atoms with E-state index in [2.05, 4.69) is 25.8 Å². The number of nitrogens with zero attached hydrogens (tertiary/aromatic N) is 4. The molecule has 2 aromatic heterocycles. The van der Waals surface area contributed by atoms with Crippen LogP contribution in [0.25, 0.3) is 0 Å². The Morgan fingerprint density at radius 2 is 1.76 bits per heavy atom. The zero-order valence-corrected chi connectivity index (χ0v) is 12.2. The average molecular weight is 284 g/mol. The summed E-state index contributed by atoms with van der Waals surface area (Å²) < 4.78 is 0. The van der Waals surface area contributed by atoms with Crippen LogP contribution in [0.1, 0.15) is 18.7 Å². The van der Waals surface area contributed by atoms with Crippen molar-refractivity contribution in [1.29, 1.82) is 0 Å². The fraction of sp³-hybridized carbons (Fsp3) is 0.375. The van der Waals surface area contributed by atoms with Gasteiger partial charge in [-0.05, 0) is 31.2 Å². The van der Waals surface area contributed by atoms with Gasteiger partial charge in [-0.25, -0.2) is 4.98 Å². The average Bonchev–Trinajstić information content (AvgIpc) is 2.56. The highest BCUT2D eigenvalue weighted by Gasteiger charge is 2.18. The van der Waals surface area contributed by atoms with Crippen molar-refractivity contribution in [3.8, 4) is 0 Å². The maximum atomic E-state index is 9.50. The number of aliphatic hydroxyl groups is 1. The summed E-state index contributed by atoms with van der Waals surface area (Å²) in [5.41, 5.74) is 1.82. The van der Waals surface area contributed by atoms with Crippen LogP contribution in [0.5, 0.6) is 0 Å². The molecule has 0 saturated carbocycles. The molecule has 1 aliphatic rings. The molecular weight excluding hydrogens is 264 g/mol. The number of hydrogen-bond donors (Lipinski definition) is 1. The summed E-state index contributed by atoms with van der Waals surface area (Å²) >= 11 is 0. The van der Waals surface area contributed by atoms with E-state index in [0.29, 0.717) is 5.69 Å². The number of aliphatic hydroxyl groups excluding tert-OH is 1. The summed E-state index contributed by atoms with van der Waals surface area (Å²) in [4.78, 5) is 13.3. The van der Waals surface area contributed by atoms with Crippen molar-refractivity contribution in [3.63, 3.8) is 0 Å². The molecule has 1 fully saturated rings. The minimum Gasteiger partial charge on any atom is -0.387 e. The molecule has 0 unspecified atom stereocenters. The number of hydrogen-bond acceptors (Lipinski definition) is 5. The van der Waals surface area contributed by atoms with E-state index in [0.717, 1.165) is 37.7 Å². The van der Waals surface area contributed by atoms with E-state index in [1.807, 2.05) is 36.7 Å². The third-order valence-corrected chi connectivity index (χ3v) is 3.82. The highest BCUT2D eigenvalue weighted by molar-refractivity contribution is 5.48. The quantitative estimate of drug-likeness (QED) is 0.932. The van der Waals surface area contributed by atoms with Gasteiger partial charge in [0.2, 0.25) is 0 Å². The van der Waals surface area contributed by atoms with Gasteiger partial charge in [0.1, 0.15) is 5.82 Å². The number of rotatable bonds is 3. The summed E-state index contributed by atoms with van der Waals surface area (Å²) in [5, 5.41) is 9.50.